The number of nitrogens with one attached hydrogen (secondary N) is 1. The van der Waals surface area contributed by atoms with Gasteiger partial charge >= 0.3 is 5.97 Å². The Morgan fingerprint density at radius 2 is 2.26 bits per heavy atom. The molecular weight excluding hydrogens is 246 g/mol. The standard InChI is InChI=1S/C13H21N3O3/c1-3-5-8-15-13(14)16-9-10-6-7-11(19-10)12(17)18-4-2/h6-7H,3-5,8-9H2,1-2H3,(H3,14,15,16). The lowest BCUT2D eigenvalue weighted by atomic mass is 10.3. The SMILES string of the molecule is CCCCNC(N)=NCc1ccc(C(=O)OCC)o1. The summed E-state index contributed by atoms with van der Waals surface area (Å²) >= 11 is 0. The number of rotatable bonds is 7. The molecule has 0 saturated heterocycles. The zero-order valence-corrected chi connectivity index (χ0v) is 11.4. The fourth-order valence-electron chi connectivity index (χ4n) is 1.39. The highest BCUT2D eigenvalue weighted by Crippen LogP contribution is 2.10. The summed E-state index contributed by atoms with van der Waals surface area (Å²) in [5.41, 5.74) is 5.68. The van der Waals surface area contributed by atoms with E-state index in [0.29, 0.717) is 24.9 Å². The van der Waals surface area contributed by atoms with E-state index < -0.39 is 5.97 Å². The second kappa shape index (κ2) is 8.18. The zero-order valence-electron chi connectivity index (χ0n) is 11.4. The number of ether oxygens (including phenoxy) is 1. The molecule has 0 radical (unpaired) electrons. The van der Waals surface area contributed by atoms with Gasteiger partial charge in [0, 0.05) is 6.54 Å². The number of nitrogens with zero attached hydrogens (tertiary/aromatic N) is 1. The van der Waals surface area contributed by atoms with Crippen LogP contribution in [0.5, 0.6) is 0 Å². The number of guanidine groups is 1. The Kier molecular flexibility index (Phi) is 6.49. The van der Waals surface area contributed by atoms with Gasteiger partial charge in [-0.15, -0.1) is 0 Å². The third-order valence-corrected chi connectivity index (χ3v) is 2.38. The average Bonchev–Trinajstić information content (AvgIpc) is 2.86. The maximum atomic E-state index is 11.4. The van der Waals surface area contributed by atoms with Gasteiger partial charge in [0.1, 0.15) is 12.3 Å². The van der Waals surface area contributed by atoms with Crippen molar-refractivity contribution < 1.29 is 13.9 Å². The van der Waals surface area contributed by atoms with Crippen LogP contribution < -0.4 is 11.1 Å². The highest BCUT2D eigenvalue weighted by Gasteiger charge is 2.11. The van der Waals surface area contributed by atoms with Crippen molar-refractivity contribution in [2.75, 3.05) is 13.2 Å². The molecule has 106 valence electrons. The van der Waals surface area contributed by atoms with Gasteiger partial charge < -0.3 is 20.2 Å². The summed E-state index contributed by atoms with van der Waals surface area (Å²) in [5, 5.41) is 3.00. The van der Waals surface area contributed by atoms with E-state index >= 15 is 0 Å². The molecule has 0 bridgehead atoms. The molecule has 0 amide bonds. The molecule has 0 aliphatic rings. The van der Waals surface area contributed by atoms with Crippen molar-refractivity contribution in [2.24, 2.45) is 10.7 Å². The monoisotopic (exact) mass is 267 g/mol. The van der Waals surface area contributed by atoms with E-state index in [9.17, 15) is 4.79 Å². The molecule has 3 N–H and O–H groups in total. The minimum Gasteiger partial charge on any atom is -0.460 e. The third-order valence-electron chi connectivity index (χ3n) is 2.38. The summed E-state index contributed by atoms with van der Waals surface area (Å²) in [7, 11) is 0. The van der Waals surface area contributed by atoms with Crippen molar-refractivity contribution in [1.82, 2.24) is 5.32 Å². The summed E-state index contributed by atoms with van der Waals surface area (Å²) < 4.78 is 10.1. The molecule has 0 saturated carbocycles. The summed E-state index contributed by atoms with van der Waals surface area (Å²) in [5.74, 6) is 0.669. The van der Waals surface area contributed by atoms with Gasteiger partial charge in [-0.1, -0.05) is 13.3 Å². The second-order valence-electron chi connectivity index (χ2n) is 3.97. The van der Waals surface area contributed by atoms with Gasteiger partial charge in [-0.25, -0.2) is 9.79 Å². The molecule has 0 aromatic carbocycles. The first-order chi connectivity index (χ1) is 9.17. The molecule has 0 unspecified atom stereocenters. The molecule has 1 heterocycles. The zero-order chi connectivity index (χ0) is 14.1. The largest absolute Gasteiger partial charge is 0.460 e. The van der Waals surface area contributed by atoms with Crippen LogP contribution in [0.25, 0.3) is 0 Å². The third kappa shape index (κ3) is 5.46. The van der Waals surface area contributed by atoms with Crippen LogP contribution in [-0.2, 0) is 11.3 Å². The van der Waals surface area contributed by atoms with Gasteiger partial charge in [-0.05, 0) is 25.5 Å². The fraction of sp³-hybridized carbons (Fsp3) is 0.538. The van der Waals surface area contributed by atoms with Gasteiger partial charge in [0.05, 0.1) is 6.61 Å². The Morgan fingerprint density at radius 1 is 1.47 bits per heavy atom. The van der Waals surface area contributed by atoms with E-state index in [2.05, 4.69) is 17.2 Å². The first kappa shape index (κ1) is 15.1. The lowest BCUT2D eigenvalue weighted by Crippen LogP contribution is -2.32. The Bertz CT molecular complexity index is 427. The van der Waals surface area contributed by atoms with E-state index in [1.165, 1.54) is 0 Å². The van der Waals surface area contributed by atoms with Gasteiger partial charge in [0.25, 0.3) is 0 Å². The van der Waals surface area contributed by atoms with E-state index in [4.69, 9.17) is 14.9 Å². The van der Waals surface area contributed by atoms with Crippen molar-refractivity contribution in [3.05, 3.63) is 23.7 Å². The van der Waals surface area contributed by atoms with E-state index in [0.717, 1.165) is 19.4 Å². The number of carbonyl (C=O) groups excluding carboxylic acids is 1. The molecule has 1 aromatic heterocycles. The Hall–Kier alpha value is -1.98. The highest BCUT2D eigenvalue weighted by atomic mass is 16.5. The topological polar surface area (TPSA) is 89.8 Å². The molecule has 1 aromatic rings. The second-order valence-corrected chi connectivity index (χ2v) is 3.97. The normalized spacial score (nSPS) is 11.4. The number of unbranched alkanes of at least 4 members (excludes halogenated alkanes) is 1. The van der Waals surface area contributed by atoms with Crippen molar-refractivity contribution in [3.8, 4) is 0 Å². The van der Waals surface area contributed by atoms with Crippen molar-refractivity contribution in [1.29, 1.82) is 0 Å². The molecular formula is C13H21N3O3. The van der Waals surface area contributed by atoms with Gasteiger partial charge in [-0.3, -0.25) is 0 Å². The van der Waals surface area contributed by atoms with Gasteiger partial charge in [-0.2, -0.15) is 0 Å². The van der Waals surface area contributed by atoms with Crippen molar-refractivity contribution in [3.63, 3.8) is 0 Å². The highest BCUT2D eigenvalue weighted by molar-refractivity contribution is 5.86. The number of furan rings is 1. The van der Waals surface area contributed by atoms with Crippen LogP contribution in [-0.4, -0.2) is 25.1 Å². The van der Waals surface area contributed by atoms with Crippen LogP contribution in [0.2, 0.25) is 0 Å². The Labute approximate surface area is 113 Å². The van der Waals surface area contributed by atoms with Crippen LogP contribution in [0.3, 0.4) is 0 Å². The molecule has 0 atom stereocenters. The molecule has 19 heavy (non-hydrogen) atoms. The number of hydrogen-bond donors (Lipinski definition) is 2. The van der Waals surface area contributed by atoms with Crippen molar-refractivity contribution in [2.45, 2.75) is 33.2 Å². The average molecular weight is 267 g/mol. The summed E-state index contributed by atoms with van der Waals surface area (Å²) in [6.07, 6.45) is 2.14. The predicted molar refractivity (Wildman–Crippen MR) is 72.9 cm³/mol. The lowest BCUT2D eigenvalue weighted by Gasteiger charge is -2.03. The maximum Gasteiger partial charge on any atom is 0.374 e. The van der Waals surface area contributed by atoms with E-state index in [1.54, 1.807) is 19.1 Å². The van der Waals surface area contributed by atoms with Crippen LogP contribution in [0.4, 0.5) is 0 Å². The Morgan fingerprint density at radius 3 is 2.95 bits per heavy atom. The molecule has 1 rings (SSSR count). The quantitative estimate of drug-likeness (QED) is 0.339. The Balaban J connectivity index is 2.45. The number of aliphatic imine (C=N–C) groups is 1. The molecule has 0 aliphatic carbocycles. The van der Waals surface area contributed by atoms with Crippen molar-refractivity contribution >= 4 is 11.9 Å². The van der Waals surface area contributed by atoms with Crippen LogP contribution in [0.1, 0.15) is 43.0 Å². The van der Waals surface area contributed by atoms with E-state index in [-0.39, 0.29) is 5.76 Å². The lowest BCUT2D eigenvalue weighted by molar-refractivity contribution is 0.0488. The first-order valence-electron chi connectivity index (χ1n) is 6.47. The minimum atomic E-state index is -0.466. The smallest absolute Gasteiger partial charge is 0.374 e. The van der Waals surface area contributed by atoms with Crippen LogP contribution in [0, 0.1) is 0 Å². The minimum absolute atomic E-state index is 0.185. The number of hydrogen-bond acceptors (Lipinski definition) is 4. The number of nitrogens with two attached hydrogens (primary N) is 1. The molecule has 0 spiro atoms. The molecule has 6 heteroatoms. The predicted octanol–water partition coefficient (Wildman–Crippen LogP) is 1.66. The van der Waals surface area contributed by atoms with Crippen LogP contribution in [0.15, 0.2) is 21.5 Å². The maximum absolute atomic E-state index is 11.4. The van der Waals surface area contributed by atoms with Crippen LogP contribution >= 0.6 is 0 Å². The number of carbonyl (C=O) groups is 1. The van der Waals surface area contributed by atoms with E-state index in [1.807, 2.05) is 0 Å². The molecule has 0 fully saturated rings. The first-order valence-corrected chi connectivity index (χ1v) is 6.47. The molecule has 0 aliphatic heterocycles. The van der Waals surface area contributed by atoms with Gasteiger partial charge in [0.2, 0.25) is 5.76 Å². The summed E-state index contributed by atoms with van der Waals surface area (Å²) in [6, 6.07) is 3.26. The molecule has 6 nitrogen and oxygen atoms in total. The van der Waals surface area contributed by atoms with Gasteiger partial charge in [0.15, 0.2) is 5.96 Å². The fourth-order valence-corrected chi connectivity index (χ4v) is 1.39. The summed E-state index contributed by atoms with van der Waals surface area (Å²) in [6.45, 7) is 5.27. The summed E-state index contributed by atoms with van der Waals surface area (Å²) in [4.78, 5) is 15.5. The number of esters is 1.